The molecule has 1 aliphatic rings. The minimum Gasteiger partial charge on any atom is -0.507 e. The van der Waals surface area contributed by atoms with E-state index in [1.165, 1.54) is 6.07 Å². The summed E-state index contributed by atoms with van der Waals surface area (Å²) >= 11 is 0. The molecule has 1 aromatic rings. The topological polar surface area (TPSA) is 76.4 Å². The van der Waals surface area contributed by atoms with Crippen LogP contribution in [0.4, 0.5) is 0 Å². The molecule has 2 N–H and O–H groups in total. The van der Waals surface area contributed by atoms with E-state index < -0.39 is 11.4 Å². The number of para-hydroxylation sites is 1. The Morgan fingerprint density at radius 3 is 2.63 bits per heavy atom. The molecule has 5 heteroatoms. The molecule has 2 rings (SSSR count). The van der Waals surface area contributed by atoms with Crippen molar-refractivity contribution < 1.29 is 9.90 Å². The van der Waals surface area contributed by atoms with Gasteiger partial charge in [-0.25, -0.2) is 0 Å². The SMILES string of the molecule is CN1CCC(C#N)(NC(=O)c2ccccc2O)CC1. The van der Waals surface area contributed by atoms with Gasteiger partial charge in [0.05, 0.1) is 11.6 Å². The maximum Gasteiger partial charge on any atom is 0.256 e. The smallest absolute Gasteiger partial charge is 0.256 e. The normalized spacial score (nSPS) is 18.5. The zero-order valence-corrected chi connectivity index (χ0v) is 10.9. The van der Waals surface area contributed by atoms with Crippen LogP contribution in [0.1, 0.15) is 23.2 Å². The van der Waals surface area contributed by atoms with Crippen molar-refractivity contribution in [2.45, 2.75) is 18.4 Å². The number of carbonyl (C=O) groups excluding carboxylic acids is 1. The van der Waals surface area contributed by atoms with Crippen LogP contribution in [0.15, 0.2) is 24.3 Å². The largest absolute Gasteiger partial charge is 0.507 e. The number of phenolic OH excluding ortho intramolecular Hbond substituents is 1. The number of piperidine rings is 1. The van der Waals surface area contributed by atoms with Crippen LogP contribution in [0.3, 0.4) is 0 Å². The fourth-order valence-corrected chi connectivity index (χ4v) is 2.22. The van der Waals surface area contributed by atoms with E-state index >= 15 is 0 Å². The lowest BCUT2D eigenvalue weighted by Gasteiger charge is -2.36. The van der Waals surface area contributed by atoms with Crippen molar-refractivity contribution in [1.29, 1.82) is 5.26 Å². The third-order valence-electron chi connectivity index (χ3n) is 3.56. The van der Waals surface area contributed by atoms with E-state index in [0.29, 0.717) is 12.8 Å². The summed E-state index contributed by atoms with van der Waals surface area (Å²) in [5.41, 5.74) is -0.623. The Hall–Kier alpha value is -2.06. The fraction of sp³-hybridized carbons (Fsp3) is 0.429. The molecule has 1 saturated heterocycles. The van der Waals surface area contributed by atoms with Crippen LogP contribution in [-0.4, -0.2) is 41.6 Å². The minimum atomic E-state index is -0.828. The molecule has 0 aromatic heterocycles. The molecular weight excluding hydrogens is 242 g/mol. The van der Waals surface area contributed by atoms with Gasteiger partial charge in [0.15, 0.2) is 0 Å². The quantitative estimate of drug-likeness (QED) is 0.834. The predicted molar refractivity (Wildman–Crippen MR) is 70.6 cm³/mol. The number of nitrogens with one attached hydrogen (secondary N) is 1. The first-order chi connectivity index (χ1) is 9.06. The first-order valence-corrected chi connectivity index (χ1v) is 6.27. The zero-order valence-electron chi connectivity index (χ0n) is 10.9. The van der Waals surface area contributed by atoms with E-state index in [1.54, 1.807) is 18.2 Å². The van der Waals surface area contributed by atoms with Crippen molar-refractivity contribution in [3.8, 4) is 11.8 Å². The number of hydrogen-bond acceptors (Lipinski definition) is 4. The van der Waals surface area contributed by atoms with E-state index in [1.807, 2.05) is 7.05 Å². The number of hydrogen-bond donors (Lipinski definition) is 2. The molecule has 0 unspecified atom stereocenters. The van der Waals surface area contributed by atoms with Crippen LogP contribution in [0.5, 0.6) is 5.75 Å². The van der Waals surface area contributed by atoms with E-state index in [9.17, 15) is 15.2 Å². The third kappa shape index (κ3) is 2.85. The van der Waals surface area contributed by atoms with Crippen LogP contribution >= 0.6 is 0 Å². The van der Waals surface area contributed by atoms with E-state index in [4.69, 9.17) is 0 Å². The van der Waals surface area contributed by atoms with Crippen LogP contribution < -0.4 is 5.32 Å². The van der Waals surface area contributed by atoms with Crippen molar-refractivity contribution in [3.63, 3.8) is 0 Å². The van der Waals surface area contributed by atoms with Crippen molar-refractivity contribution in [3.05, 3.63) is 29.8 Å². The number of phenols is 1. The number of carbonyl (C=O) groups is 1. The summed E-state index contributed by atoms with van der Waals surface area (Å²) in [6.07, 6.45) is 1.19. The number of likely N-dealkylation sites (tertiary alicyclic amines) is 1. The standard InChI is InChI=1S/C14H17N3O2/c1-17-8-6-14(10-15,7-9-17)16-13(19)11-4-2-3-5-12(11)18/h2-5,18H,6-9H2,1H3,(H,16,19). The second-order valence-electron chi connectivity index (χ2n) is 4.97. The van der Waals surface area contributed by atoms with E-state index in [2.05, 4.69) is 16.3 Å². The van der Waals surface area contributed by atoms with Gasteiger partial charge in [0.1, 0.15) is 11.3 Å². The first-order valence-electron chi connectivity index (χ1n) is 6.27. The number of nitrogens with zero attached hydrogens (tertiary/aromatic N) is 2. The van der Waals surface area contributed by atoms with Crippen LogP contribution in [-0.2, 0) is 0 Å². The van der Waals surface area contributed by atoms with Crippen LogP contribution in [0.2, 0.25) is 0 Å². The average molecular weight is 259 g/mol. The summed E-state index contributed by atoms with van der Waals surface area (Å²) in [5, 5.41) is 21.8. The molecule has 0 aliphatic carbocycles. The molecule has 1 fully saturated rings. The van der Waals surface area contributed by atoms with Gasteiger partial charge >= 0.3 is 0 Å². The van der Waals surface area contributed by atoms with Gasteiger partial charge < -0.3 is 15.3 Å². The van der Waals surface area contributed by atoms with Gasteiger partial charge in [-0.15, -0.1) is 0 Å². The van der Waals surface area contributed by atoms with E-state index in [0.717, 1.165) is 13.1 Å². The molecule has 100 valence electrons. The lowest BCUT2D eigenvalue weighted by molar-refractivity contribution is 0.0879. The maximum absolute atomic E-state index is 12.1. The van der Waals surface area contributed by atoms with Gasteiger partial charge in [0.2, 0.25) is 0 Å². The molecule has 0 bridgehead atoms. The fourth-order valence-electron chi connectivity index (χ4n) is 2.22. The van der Waals surface area contributed by atoms with Gasteiger partial charge in [0, 0.05) is 13.1 Å². The number of rotatable bonds is 2. The molecule has 1 aromatic carbocycles. The summed E-state index contributed by atoms with van der Waals surface area (Å²) in [6, 6.07) is 8.56. The van der Waals surface area contributed by atoms with Gasteiger partial charge in [-0.1, -0.05) is 12.1 Å². The van der Waals surface area contributed by atoms with Crippen molar-refractivity contribution in [2.75, 3.05) is 20.1 Å². The maximum atomic E-state index is 12.1. The van der Waals surface area contributed by atoms with Crippen molar-refractivity contribution >= 4 is 5.91 Å². The highest BCUT2D eigenvalue weighted by Gasteiger charge is 2.35. The van der Waals surface area contributed by atoms with Gasteiger partial charge in [0.25, 0.3) is 5.91 Å². The van der Waals surface area contributed by atoms with Gasteiger partial charge in [-0.2, -0.15) is 5.26 Å². The Morgan fingerprint density at radius 2 is 2.05 bits per heavy atom. The van der Waals surface area contributed by atoms with Gasteiger partial charge in [-0.3, -0.25) is 4.79 Å². The second-order valence-corrected chi connectivity index (χ2v) is 4.97. The summed E-state index contributed by atoms with van der Waals surface area (Å²) in [4.78, 5) is 14.3. The molecule has 0 spiro atoms. The van der Waals surface area contributed by atoms with Crippen molar-refractivity contribution in [2.24, 2.45) is 0 Å². The number of aromatic hydroxyl groups is 1. The highest BCUT2D eigenvalue weighted by Crippen LogP contribution is 2.23. The first kappa shape index (κ1) is 13.4. The third-order valence-corrected chi connectivity index (χ3v) is 3.56. The Morgan fingerprint density at radius 1 is 1.42 bits per heavy atom. The predicted octanol–water partition coefficient (Wildman–Crippen LogP) is 1.11. The Kier molecular flexibility index (Phi) is 3.72. The summed E-state index contributed by atoms with van der Waals surface area (Å²) < 4.78 is 0. The molecule has 1 heterocycles. The molecule has 19 heavy (non-hydrogen) atoms. The number of nitriles is 1. The molecule has 0 radical (unpaired) electrons. The summed E-state index contributed by atoms with van der Waals surface area (Å²) in [5.74, 6) is -0.467. The van der Waals surface area contributed by atoms with Crippen LogP contribution in [0.25, 0.3) is 0 Å². The number of amides is 1. The van der Waals surface area contributed by atoms with Gasteiger partial charge in [-0.05, 0) is 32.0 Å². The minimum absolute atomic E-state index is 0.0685. The Bertz CT molecular complexity index is 514. The monoisotopic (exact) mass is 259 g/mol. The highest BCUT2D eigenvalue weighted by molar-refractivity contribution is 5.97. The molecule has 1 amide bonds. The van der Waals surface area contributed by atoms with Crippen molar-refractivity contribution in [1.82, 2.24) is 10.2 Å². The summed E-state index contributed by atoms with van der Waals surface area (Å²) in [6.45, 7) is 1.54. The molecular formula is C14H17N3O2. The Balaban J connectivity index is 2.14. The Labute approximate surface area is 112 Å². The van der Waals surface area contributed by atoms with Crippen LogP contribution in [0, 0.1) is 11.3 Å². The zero-order chi connectivity index (χ0) is 13.9. The lowest BCUT2D eigenvalue weighted by atomic mass is 9.89. The number of benzene rings is 1. The molecule has 1 aliphatic heterocycles. The second kappa shape index (κ2) is 5.29. The molecule has 0 saturated carbocycles. The molecule has 0 atom stereocenters. The van der Waals surface area contributed by atoms with E-state index in [-0.39, 0.29) is 11.3 Å². The average Bonchev–Trinajstić information content (AvgIpc) is 2.42. The highest BCUT2D eigenvalue weighted by atomic mass is 16.3. The summed E-state index contributed by atoms with van der Waals surface area (Å²) in [7, 11) is 1.99. The molecule has 5 nitrogen and oxygen atoms in total. The lowest BCUT2D eigenvalue weighted by Crippen LogP contribution is -2.53.